The van der Waals surface area contributed by atoms with Gasteiger partial charge in [0.1, 0.15) is 6.10 Å². The van der Waals surface area contributed by atoms with E-state index in [1.807, 2.05) is 50.2 Å². The van der Waals surface area contributed by atoms with Crippen LogP contribution in [0.4, 0.5) is 0 Å². The number of nitrogens with zero attached hydrogens (tertiary/aromatic N) is 3. The predicted molar refractivity (Wildman–Crippen MR) is 91.2 cm³/mol. The molecule has 0 bridgehead atoms. The van der Waals surface area contributed by atoms with Crippen LogP contribution in [-0.4, -0.2) is 41.9 Å². The van der Waals surface area contributed by atoms with Gasteiger partial charge in [0.15, 0.2) is 0 Å². The van der Waals surface area contributed by atoms with Gasteiger partial charge in [-0.05, 0) is 31.9 Å². The maximum atomic E-state index is 12.5. The maximum Gasteiger partial charge on any atom is 0.317 e. The Morgan fingerprint density at radius 2 is 1.83 bits per heavy atom. The normalized spacial score (nSPS) is 18.7. The van der Waals surface area contributed by atoms with E-state index in [2.05, 4.69) is 9.97 Å². The summed E-state index contributed by atoms with van der Waals surface area (Å²) in [6.45, 7) is 4.57. The largest absolute Gasteiger partial charge is 0.459 e. The monoisotopic (exact) mass is 347 g/mol. The summed E-state index contributed by atoms with van der Waals surface area (Å²) in [6, 6.07) is 11.4. The fourth-order valence-electron chi connectivity index (χ4n) is 2.82. The first-order valence-electron chi connectivity index (χ1n) is 7.93. The first-order chi connectivity index (χ1) is 11.4. The molecule has 7 heteroatoms. The van der Waals surface area contributed by atoms with Crippen LogP contribution >= 0.6 is 0 Å². The number of ether oxygens (including phenoxy) is 1. The average molecular weight is 347 g/mol. The molecule has 24 heavy (non-hydrogen) atoms. The second-order valence-electron chi connectivity index (χ2n) is 6.06. The van der Waals surface area contributed by atoms with E-state index >= 15 is 0 Å². The molecule has 1 saturated heterocycles. The van der Waals surface area contributed by atoms with Crippen molar-refractivity contribution in [3.05, 3.63) is 53.3 Å². The summed E-state index contributed by atoms with van der Waals surface area (Å²) in [5.41, 5.74) is 2.47. The maximum absolute atomic E-state index is 12.5. The third-order valence-corrected chi connectivity index (χ3v) is 5.74. The van der Waals surface area contributed by atoms with Crippen LogP contribution in [0.1, 0.15) is 23.4 Å². The number of sulfonamides is 1. The Morgan fingerprint density at radius 3 is 2.50 bits per heavy atom. The Kier molecular flexibility index (Phi) is 4.82. The number of hydrogen-bond donors (Lipinski definition) is 0. The van der Waals surface area contributed by atoms with E-state index in [0.717, 1.165) is 17.0 Å². The predicted octanol–water partition coefficient (Wildman–Crippen LogP) is 2.08. The smallest absolute Gasteiger partial charge is 0.317 e. The number of aryl methyl sites for hydroxylation is 2. The van der Waals surface area contributed by atoms with Crippen molar-refractivity contribution in [1.82, 2.24) is 14.3 Å². The summed E-state index contributed by atoms with van der Waals surface area (Å²) in [5, 5.41) is 0. The van der Waals surface area contributed by atoms with Crippen LogP contribution in [-0.2, 0) is 15.8 Å². The van der Waals surface area contributed by atoms with Gasteiger partial charge in [0.2, 0.25) is 10.0 Å². The van der Waals surface area contributed by atoms with Gasteiger partial charge >= 0.3 is 6.01 Å². The Morgan fingerprint density at radius 1 is 1.17 bits per heavy atom. The molecular formula is C17H21N3O3S. The Labute approximate surface area is 142 Å². The summed E-state index contributed by atoms with van der Waals surface area (Å²) in [6.07, 6.45) is 0.432. The lowest BCUT2D eigenvalue weighted by Crippen LogP contribution is -2.32. The highest BCUT2D eigenvalue weighted by molar-refractivity contribution is 7.88. The number of hydrogen-bond acceptors (Lipinski definition) is 5. The third-order valence-electron chi connectivity index (χ3n) is 3.93. The van der Waals surface area contributed by atoms with Crippen molar-refractivity contribution in [3.8, 4) is 6.01 Å². The SMILES string of the molecule is Cc1cc(C)nc(O[C@@H]2CCN(S(=O)(=O)Cc3ccccc3)C2)n1. The van der Waals surface area contributed by atoms with Gasteiger partial charge in [-0.3, -0.25) is 0 Å². The number of rotatable bonds is 5. The fourth-order valence-corrected chi connectivity index (χ4v) is 4.39. The van der Waals surface area contributed by atoms with Crippen LogP contribution in [0, 0.1) is 13.8 Å². The second-order valence-corrected chi connectivity index (χ2v) is 8.03. The van der Waals surface area contributed by atoms with Crippen LogP contribution in [0.25, 0.3) is 0 Å². The minimum atomic E-state index is -3.34. The van der Waals surface area contributed by atoms with Crippen molar-refractivity contribution >= 4 is 10.0 Å². The van der Waals surface area contributed by atoms with Gasteiger partial charge in [0.25, 0.3) is 0 Å². The van der Waals surface area contributed by atoms with Gasteiger partial charge in [0.05, 0.1) is 12.3 Å². The molecule has 0 amide bonds. The molecule has 3 rings (SSSR count). The summed E-state index contributed by atoms with van der Waals surface area (Å²) >= 11 is 0. The first kappa shape index (κ1) is 16.9. The van der Waals surface area contributed by atoms with Crippen molar-refractivity contribution in [3.63, 3.8) is 0 Å². The highest BCUT2D eigenvalue weighted by Gasteiger charge is 2.33. The van der Waals surface area contributed by atoms with Crippen LogP contribution < -0.4 is 4.74 Å². The molecule has 0 unspecified atom stereocenters. The number of benzene rings is 1. The highest BCUT2D eigenvalue weighted by atomic mass is 32.2. The standard InChI is InChI=1S/C17H21N3O3S/c1-13-10-14(2)19-17(18-13)23-16-8-9-20(11-16)24(21,22)12-15-6-4-3-5-7-15/h3-7,10,16H,8-9,11-12H2,1-2H3/t16-/m1/s1. The van der Waals surface area contributed by atoms with Gasteiger partial charge in [-0.15, -0.1) is 0 Å². The Balaban J connectivity index is 1.64. The summed E-state index contributed by atoms with van der Waals surface area (Å²) < 4.78 is 32.4. The lowest BCUT2D eigenvalue weighted by Gasteiger charge is -2.17. The molecule has 1 aromatic carbocycles. The van der Waals surface area contributed by atoms with E-state index in [1.165, 1.54) is 4.31 Å². The Hall–Kier alpha value is -1.99. The number of aromatic nitrogens is 2. The van der Waals surface area contributed by atoms with Crippen molar-refractivity contribution in [1.29, 1.82) is 0 Å². The molecule has 0 aliphatic carbocycles. The van der Waals surface area contributed by atoms with Crippen molar-refractivity contribution in [2.24, 2.45) is 0 Å². The van der Waals surface area contributed by atoms with E-state index in [1.54, 1.807) is 0 Å². The minimum Gasteiger partial charge on any atom is -0.459 e. The fraction of sp³-hybridized carbons (Fsp3) is 0.412. The highest BCUT2D eigenvalue weighted by Crippen LogP contribution is 2.21. The summed E-state index contributed by atoms with van der Waals surface area (Å²) in [7, 11) is -3.34. The second kappa shape index (κ2) is 6.86. The first-order valence-corrected chi connectivity index (χ1v) is 9.54. The van der Waals surface area contributed by atoms with Gasteiger partial charge in [0, 0.05) is 17.9 Å². The minimum absolute atomic E-state index is 0.0145. The van der Waals surface area contributed by atoms with Gasteiger partial charge in [-0.25, -0.2) is 18.4 Å². The third kappa shape index (κ3) is 4.10. The topological polar surface area (TPSA) is 72.4 Å². The molecule has 1 aliphatic rings. The van der Waals surface area contributed by atoms with Gasteiger partial charge in [-0.2, -0.15) is 4.31 Å². The summed E-state index contributed by atoms with van der Waals surface area (Å²) in [4.78, 5) is 8.50. The lowest BCUT2D eigenvalue weighted by molar-refractivity contribution is 0.197. The molecule has 1 aliphatic heterocycles. The molecule has 0 N–H and O–H groups in total. The molecule has 128 valence electrons. The van der Waals surface area contributed by atoms with Crippen LogP contribution in [0.15, 0.2) is 36.4 Å². The Bertz CT molecular complexity index is 789. The van der Waals surface area contributed by atoms with E-state index in [0.29, 0.717) is 25.5 Å². The molecule has 0 saturated carbocycles. The summed E-state index contributed by atoms with van der Waals surface area (Å²) in [5.74, 6) is 0.0145. The molecule has 2 heterocycles. The zero-order chi connectivity index (χ0) is 17.2. The average Bonchev–Trinajstić information content (AvgIpc) is 2.96. The van der Waals surface area contributed by atoms with E-state index in [9.17, 15) is 8.42 Å². The van der Waals surface area contributed by atoms with Crippen LogP contribution in [0.5, 0.6) is 6.01 Å². The molecule has 6 nitrogen and oxygen atoms in total. The molecule has 1 fully saturated rings. The van der Waals surface area contributed by atoms with Gasteiger partial charge in [-0.1, -0.05) is 30.3 Å². The zero-order valence-corrected chi connectivity index (χ0v) is 14.7. The van der Waals surface area contributed by atoms with Crippen LogP contribution in [0.3, 0.4) is 0 Å². The van der Waals surface area contributed by atoms with Crippen molar-refractivity contribution < 1.29 is 13.2 Å². The molecule has 0 spiro atoms. The van der Waals surface area contributed by atoms with Crippen molar-refractivity contribution in [2.45, 2.75) is 32.1 Å². The molecular weight excluding hydrogens is 326 g/mol. The van der Waals surface area contributed by atoms with E-state index < -0.39 is 10.0 Å². The lowest BCUT2D eigenvalue weighted by atomic mass is 10.2. The quantitative estimate of drug-likeness (QED) is 0.828. The van der Waals surface area contributed by atoms with Gasteiger partial charge < -0.3 is 4.74 Å². The zero-order valence-electron chi connectivity index (χ0n) is 13.8. The van der Waals surface area contributed by atoms with Crippen LogP contribution in [0.2, 0.25) is 0 Å². The molecule has 1 atom stereocenters. The molecule has 2 aromatic rings. The van der Waals surface area contributed by atoms with E-state index in [-0.39, 0.29) is 11.9 Å². The van der Waals surface area contributed by atoms with E-state index in [4.69, 9.17) is 4.74 Å². The molecule has 0 radical (unpaired) electrons. The van der Waals surface area contributed by atoms with Crippen molar-refractivity contribution in [2.75, 3.05) is 13.1 Å². The molecule has 1 aromatic heterocycles.